The Kier molecular flexibility index (Phi) is 2.29. The van der Waals surface area contributed by atoms with E-state index >= 15 is 0 Å². The van der Waals surface area contributed by atoms with Gasteiger partial charge in [-0.25, -0.2) is 4.98 Å². The van der Waals surface area contributed by atoms with Crippen LogP contribution in [0.1, 0.15) is 45.4 Å². The van der Waals surface area contributed by atoms with Crippen molar-refractivity contribution < 1.29 is 4.74 Å². The Morgan fingerprint density at radius 3 is 2.53 bits per heavy atom. The normalized spacial score (nSPS) is 16.5. The molecule has 0 unspecified atom stereocenters. The van der Waals surface area contributed by atoms with Gasteiger partial charge in [0.05, 0.1) is 0 Å². The number of nitrogens with zero attached hydrogens (tertiary/aromatic N) is 2. The second kappa shape index (κ2) is 3.36. The lowest BCUT2D eigenvalue weighted by Crippen LogP contribution is -2.24. The van der Waals surface area contributed by atoms with Crippen LogP contribution in [-0.4, -0.2) is 15.6 Å². The van der Waals surface area contributed by atoms with Crippen LogP contribution in [0.2, 0.25) is 0 Å². The SMILES string of the molecule is CC(C)(C)Oc1cc(N)nc(C2CC2)n1. The Balaban J connectivity index is 2.23. The number of hydrogen-bond acceptors (Lipinski definition) is 4. The fourth-order valence-electron chi connectivity index (χ4n) is 1.35. The summed E-state index contributed by atoms with van der Waals surface area (Å²) in [7, 11) is 0. The lowest BCUT2D eigenvalue weighted by Gasteiger charge is -2.20. The zero-order valence-corrected chi connectivity index (χ0v) is 9.45. The summed E-state index contributed by atoms with van der Waals surface area (Å²) in [5, 5.41) is 0. The minimum absolute atomic E-state index is 0.248. The van der Waals surface area contributed by atoms with E-state index in [-0.39, 0.29) is 5.60 Å². The summed E-state index contributed by atoms with van der Waals surface area (Å²) in [6.45, 7) is 5.96. The first-order chi connectivity index (χ1) is 6.94. The molecule has 0 aliphatic heterocycles. The van der Waals surface area contributed by atoms with Crippen LogP contribution >= 0.6 is 0 Å². The highest BCUT2D eigenvalue weighted by Gasteiger charge is 2.27. The molecule has 1 aliphatic rings. The zero-order valence-electron chi connectivity index (χ0n) is 9.45. The number of nitrogens with two attached hydrogens (primary N) is 1. The fourth-order valence-corrected chi connectivity index (χ4v) is 1.35. The standard InChI is InChI=1S/C11H17N3O/c1-11(2,3)15-9-6-8(12)13-10(14-9)7-4-5-7/h6-7H,4-5H2,1-3H3,(H2,12,13,14). The number of rotatable bonds is 2. The maximum Gasteiger partial charge on any atom is 0.219 e. The molecule has 4 heteroatoms. The van der Waals surface area contributed by atoms with Crippen LogP contribution in [-0.2, 0) is 0 Å². The summed E-state index contributed by atoms with van der Waals surface area (Å²) in [4.78, 5) is 8.58. The third-order valence-corrected chi connectivity index (χ3v) is 2.09. The molecule has 15 heavy (non-hydrogen) atoms. The molecule has 1 aliphatic carbocycles. The van der Waals surface area contributed by atoms with E-state index in [0.29, 0.717) is 17.6 Å². The highest BCUT2D eigenvalue weighted by molar-refractivity contribution is 5.34. The van der Waals surface area contributed by atoms with Crippen molar-refractivity contribution in [3.05, 3.63) is 11.9 Å². The molecule has 82 valence electrons. The maximum absolute atomic E-state index is 5.71. The van der Waals surface area contributed by atoms with Gasteiger partial charge in [0, 0.05) is 12.0 Å². The van der Waals surface area contributed by atoms with Crippen LogP contribution in [0.15, 0.2) is 6.07 Å². The first-order valence-electron chi connectivity index (χ1n) is 5.27. The molecule has 0 bridgehead atoms. The van der Waals surface area contributed by atoms with Gasteiger partial charge in [-0.1, -0.05) is 0 Å². The van der Waals surface area contributed by atoms with Crippen LogP contribution in [0.25, 0.3) is 0 Å². The molecule has 0 aromatic carbocycles. The Bertz CT molecular complexity index is 367. The Hall–Kier alpha value is -1.32. The molecule has 4 nitrogen and oxygen atoms in total. The smallest absolute Gasteiger partial charge is 0.219 e. The van der Waals surface area contributed by atoms with Gasteiger partial charge >= 0.3 is 0 Å². The van der Waals surface area contributed by atoms with Gasteiger partial charge in [0.2, 0.25) is 5.88 Å². The van der Waals surface area contributed by atoms with Gasteiger partial charge in [-0.2, -0.15) is 4.98 Å². The zero-order chi connectivity index (χ0) is 11.1. The highest BCUT2D eigenvalue weighted by atomic mass is 16.5. The summed E-state index contributed by atoms with van der Waals surface area (Å²) in [5.41, 5.74) is 5.46. The van der Waals surface area contributed by atoms with Crippen molar-refractivity contribution in [3.8, 4) is 5.88 Å². The molecule has 0 saturated heterocycles. The summed E-state index contributed by atoms with van der Waals surface area (Å²) < 4.78 is 5.67. The van der Waals surface area contributed by atoms with Gasteiger partial charge in [0.1, 0.15) is 17.2 Å². The fraction of sp³-hybridized carbons (Fsp3) is 0.636. The van der Waals surface area contributed by atoms with Crippen molar-refractivity contribution in [2.24, 2.45) is 0 Å². The molecule has 1 saturated carbocycles. The third kappa shape index (κ3) is 2.81. The van der Waals surface area contributed by atoms with E-state index in [2.05, 4.69) is 9.97 Å². The van der Waals surface area contributed by atoms with Gasteiger partial charge < -0.3 is 10.5 Å². The van der Waals surface area contributed by atoms with Crippen LogP contribution < -0.4 is 10.5 Å². The third-order valence-electron chi connectivity index (χ3n) is 2.09. The molecule has 1 fully saturated rings. The van der Waals surface area contributed by atoms with Gasteiger partial charge in [0.15, 0.2) is 0 Å². The molecular formula is C11H17N3O. The van der Waals surface area contributed by atoms with Crippen molar-refractivity contribution in [1.29, 1.82) is 0 Å². The van der Waals surface area contributed by atoms with E-state index in [0.717, 1.165) is 5.82 Å². The molecule has 0 atom stereocenters. The minimum Gasteiger partial charge on any atom is -0.472 e. The molecule has 0 amide bonds. The Labute approximate surface area is 89.9 Å². The molecule has 0 spiro atoms. The van der Waals surface area contributed by atoms with Gasteiger partial charge in [0.25, 0.3) is 0 Å². The van der Waals surface area contributed by atoms with E-state index in [9.17, 15) is 0 Å². The van der Waals surface area contributed by atoms with E-state index in [1.807, 2.05) is 20.8 Å². The van der Waals surface area contributed by atoms with E-state index < -0.39 is 0 Å². The molecular weight excluding hydrogens is 190 g/mol. The van der Waals surface area contributed by atoms with Gasteiger partial charge in [-0.15, -0.1) is 0 Å². The first-order valence-corrected chi connectivity index (χ1v) is 5.27. The average Bonchev–Trinajstić information content (AvgIpc) is 2.80. The van der Waals surface area contributed by atoms with Gasteiger partial charge in [-0.3, -0.25) is 0 Å². The minimum atomic E-state index is -0.248. The first kappa shape index (κ1) is 10.2. The van der Waals surface area contributed by atoms with Crippen molar-refractivity contribution >= 4 is 5.82 Å². The predicted octanol–water partition coefficient (Wildman–Crippen LogP) is 2.11. The molecule has 2 rings (SSSR count). The van der Waals surface area contributed by atoms with Crippen LogP contribution in [0, 0.1) is 0 Å². The maximum atomic E-state index is 5.71. The van der Waals surface area contributed by atoms with E-state index in [1.54, 1.807) is 6.07 Å². The summed E-state index contributed by atoms with van der Waals surface area (Å²) in [6, 6.07) is 1.68. The van der Waals surface area contributed by atoms with Crippen LogP contribution in [0.3, 0.4) is 0 Å². The second-order valence-corrected chi connectivity index (χ2v) is 4.98. The molecule has 2 N–H and O–H groups in total. The number of nitrogen functional groups attached to an aromatic ring is 1. The van der Waals surface area contributed by atoms with Crippen molar-refractivity contribution in [1.82, 2.24) is 9.97 Å². The molecule has 1 aromatic rings. The van der Waals surface area contributed by atoms with Gasteiger partial charge in [-0.05, 0) is 33.6 Å². The highest BCUT2D eigenvalue weighted by Crippen LogP contribution is 2.39. The summed E-state index contributed by atoms with van der Waals surface area (Å²) in [6.07, 6.45) is 2.33. The second-order valence-electron chi connectivity index (χ2n) is 4.98. The number of hydrogen-bond donors (Lipinski definition) is 1. The number of ether oxygens (including phenoxy) is 1. The lowest BCUT2D eigenvalue weighted by atomic mass is 10.2. The summed E-state index contributed by atoms with van der Waals surface area (Å²) in [5.74, 6) is 2.40. The Morgan fingerprint density at radius 2 is 2.00 bits per heavy atom. The van der Waals surface area contributed by atoms with Crippen molar-refractivity contribution in [2.75, 3.05) is 5.73 Å². The van der Waals surface area contributed by atoms with E-state index in [1.165, 1.54) is 12.8 Å². The van der Waals surface area contributed by atoms with Crippen molar-refractivity contribution in [2.45, 2.75) is 45.1 Å². The predicted molar refractivity (Wildman–Crippen MR) is 58.8 cm³/mol. The number of anilines is 1. The largest absolute Gasteiger partial charge is 0.472 e. The van der Waals surface area contributed by atoms with Crippen LogP contribution in [0.5, 0.6) is 5.88 Å². The number of aromatic nitrogens is 2. The topological polar surface area (TPSA) is 61.0 Å². The van der Waals surface area contributed by atoms with Crippen molar-refractivity contribution in [3.63, 3.8) is 0 Å². The monoisotopic (exact) mass is 207 g/mol. The van der Waals surface area contributed by atoms with E-state index in [4.69, 9.17) is 10.5 Å². The quantitative estimate of drug-likeness (QED) is 0.806. The average molecular weight is 207 g/mol. The Morgan fingerprint density at radius 1 is 1.33 bits per heavy atom. The van der Waals surface area contributed by atoms with Crippen LogP contribution in [0.4, 0.5) is 5.82 Å². The summed E-state index contributed by atoms with van der Waals surface area (Å²) >= 11 is 0. The molecule has 1 aromatic heterocycles. The molecule has 1 heterocycles. The lowest BCUT2D eigenvalue weighted by molar-refractivity contribution is 0.123. The molecule has 0 radical (unpaired) electrons.